The van der Waals surface area contributed by atoms with Gasteiger partial charge >= 0.3 is 187 Å². The number of hydrogen-bond acceptors (Lipinski definition) is 1. The summed E-state index contributed by atoms with van der Waals surface area (Å²) in [7, 11) is -2.32. The van der Waals surface area contributed by atoms with Crippen molar-refractivity contribution in [2.24, 2.45) is 0 Å². The summed E-state index contributed by atoms with van der Waals surface area (Å²) in [6.45, 7) is 2.97. The molecule has 0 N–H and O–H groups in total. The summed E-state index contributed by atoms with van der Waals surface area (Å²) in [6, 6.07) is 41.9. The number of para-hydroxylation sites is 1. The van der Waals surface area contributed by atoms with Crippen molar-refractivity contribution < 1.29 is 4.74 Å². The topological polar surface area (TPSA) is 9.23 Å². The molecule has 1 nitrogen and oxygen atoms in total. The van der Waals surface area contributed by atoms with Crippen LogP contribution in [0.3, 0.4) is 0 Å². The molecule has 0 heterocycles. The standard InChI is InChI=1S/C29H31OP/c1-2-3-23-30-29-22-14-13-15-25(29)24-31(26-16-7-4-8-17-26,27-18-9-5-10-19-27)28-20-11-6-12-21-28/h4-22,31H,2-3,23-24H2,1H3. The summed E-state index contributed by atoms with van der Waals surface area (Å²) in [5.74, 6) is 1.02. The van der Waals surface area contributed by atoms with Crippen molar-refractivity contribution in [1.29, 1.82) is 0 Å². The van der Waals surface area contributed by atoms with E-state index in [9.17, 15) is 0 Å². The normalized spacial score (nSPS) is 11.8. The molecule has 4 aromatic carbocycles. The zero-order valence-corrected chi connectivity index (χ0v) is 19.2. The second-order valence-corrected chi connectivity index (χ2v) is 11.9. The minimum absolute atomic E-state index is 0.768. The predicted octanol–water partition coefficient (Wildman–Crippen LogP) is 6.09. The van der Waals surface area contributed by atoms with Crippen LogP contribution in [0, 0.1) is 0 Å². The van der Waals surface area contributed by atoms with Gasteiger partial charge in [0.1, 0.15) is 0 Å². The summed E-state index contributed by atoms with van der Waals surface area (Å²) < 4.78 is 6.25. The van der Waals surface area contributed by atoms with Crippen LogP contribution in [0.4, 0.5) is 0 Å². The van der Waals surface area contributed by atoms with Crippen LogP contribution in [0.5, 0.6) is 5.75 Å². The Labute approximate surface area is 187 Å². The van der Waals surface area contributed by atoms with Gasteiger partial charge in [-0.1, -0.05) is 0 Å². The Balaban J connectivity index is 1.90. The van der Waals surface area contributed by atoms with Crippen LogP contribution >= 0.6 is 7.26 Å². The predicted molar refractivity (Wildman–Crippen MR) is 137 cm³/mol. The Morgan fingerprint density at radius 3 is 1.52 bits per heavy atom. The Morgan fingerprint density at radius 2 is 1.03 bits per heavy atom. The molecule has 0 saturated heterocycles. The third-order valence-electron chi connectivity index (χ3n) is 5.98. The second-order valence-electron chi connectivity index (χ2n) is 7.99. The van der Waals surface area contributed by atoms with E-state index >= 15 is 0 Å². The van der Waals surface area contributed by atoms with Crippen molar-refractivity contribution in [3.63, 3.8) is 0 Å². The van der Waals surface area contributed by atoms with Crippen LogP contribution in [0.1, 0.15) is 25.3 Å². The average Bonchev–Trinajstić information content (AvgIpc) is 2.85. The first-order valence-corrected chi connectivity index (χ1v) is 13.4. The fraction of sp³-hybridized carbons (Fsp3) is 0.172. The monoisotopic (exact) mass is 426 g/mol. The molecule has 0 saturated carbocycles. The molecule has 2 heteroatoms. The van der Waals surface area contributed by atoms with E-state index in [4.69, 9.17) is 4.74 Å². The van der Waals surface area contributed by atoms with Gasteiger partial charge in [-0.25, -0.2) is 0 Å². The van der Waals surface area contributed by atoms with Crippen LogP contribution in [0.2, 0.25) is 0 Å². The Morgan fingerprint density at radius 1 is 0.581 bits per heavy atom. The number of rotatable bonds is 9. The van der Waals surface area contributed by atoms with Crippen LogP contribution in [-0.2, 0) is 6.16 Å². The molecule has 0 radical (unpaired) electrons. The fourth-order valence-corrected chi connectivity index (χ4v) is 9.14. The van der Waals surface area contributed by atoms with E-state index in [-0.39, 0.29) is 0 Å². The van der Waals surface area contributed by atoms with Crippen LogP contribution < -0.4 is 20.7 Å². The van der Waals surface area contributed by atoms with Gasteiger partial charge in [-0.2, -0.15) is 0 Å². The molecule has 0 bridgehead atoms. The van der Waals surface area contributed by atoms with Crippen molar-refractivity contribution in [1.82, 2.24) is 0 Å². The molecule has 0 fully saturated rings. The third-order valence-corrected chi connectivity index (χ3v) is 10.9. The molecule has 0 aliphatic rings. The van der Waals surface area contributed by atoms with Gasteiger partial charge in [0.25, 0.3) is 0 Å². The van der Waals surface area contributed by atoms with E-state index in [1.165, 1.54) is 21.5 Å². The SMILES string of the molecule is CCCCOc1ccccc1C[PH](c1ccccc1)(c1ccccc1)c1ccccc1. The molecule has 0 atom stereocenters. The van der Waals surface area contributed by atoms with E-state index in [2.05, 4.69) is 122 Å². The molecule has 31 heavy (non-hydrogen) atoms. The van der Waals surface area contributed by atoms with Gasteiger partial charge in [0.15, 0.2) is 0 Å². The third kappa shape index (κ3) is 4.73. The van der Waals surface area contributed by atoms with Crippen molar-refractivity contribution >= 4 is 23.2 Å². The molecule has 0 amide bonds. The van der Waals surface area contributed by atoms with Crippen molar-refractivity contribution in [3.05, 3.63) is 121 Å². The van der Waals surface area contributed by atoms with E-state index in [1.807, 2.05) is 0 Å². The summed E-state index contributed by atoms with van der Waals surface area (Å²) in [6.07, 6.45) is 3.18. The molecule has 0 unspecified atom stereocenters. The van der Waals surface area contributed by atoms with E-state index in [0.29, 0.717) is 0 Å². The number of unbranched alkanes of at least 4 members (excludes halogenated alkanes) is 1. The summed E-state index contributed by atoms with van der Waals surface area (Å²) >= 11 is 0. The number of ether oxygens (including phenoxy) is 1. The zero-order chi connectivity index (χ0) is 21.4. The Kier molecular flexibility index (Phi) is 7.18. The Bertz CT molecular complexity index is 965. The Hall–Kier alpha value is -2.89. The summed E-state index contributed by atoms with van der Waals surface area (Å²) in [5.41, 5.74) is 1.29. The van der Waals surface area contributed by atoms with Gasteiger partial charge in [-0.15, -0.1) is 0 Å². The van der Waals surface area contributed by atoms with Gasteiger partial charge in [-0.3, -0.25) is 0 Å². The molecule has 0 aliphatic carbocycles. The first-order chi connectivity index (χ1) is 15.3. The van der Waals surface area contributed by atoms with E-state index in [0.717, 1.165) is 31.4 Å². The quantitative estimate of drug-likeness (QED) is 0.232. The van der Waals surface area contributed by atoms with Crippen molar-refractivity contribution in [2.75, 3.05) is 6.61 Å². The molecule has 0 spiro atoms. The molecule has 0 aromatic heterocycles. The van der Waals surface area contributed by atoms with Crippen molar-refractivity contribution in [2.45, 2.75) is 25.9 Å². The van der Waals surface area contributed by atoms with Gasteiger partial charge in [0.05, 0.1) is 0 Å². The zero-order valence-electron chi connectivity index (χ0n) is 18.2. The molecule has 4 aromatic rings. The number of hydrogen-bond donors (Lipinski definition) is 0. The van der Waals surface area contributed by atoms with Crippen LogP contribution in [0.25, 0.3) is 0 Å². The average molecular weight is 427 g/mol. The van der Waals surface area contributed by atoms with E-state index < -0.39 is 7.26 Å². The molecular formula is C29H31OP. The molecule has 158 valence electrons. The fourth-order valence-electron chi connectivity index (χ4n) is 4.38. The van der Waals surface area contributed by atoms with Crippen LogP contribution in [-0.4, -0.2) is 6.61 Å². The van der Waals surface area contributed by atoms with Crippen molar-refractivity contribution in [3.8, 4) is 5.75 Å². The minimum atomic E-state index is -2.32. The van der Waals surface area contributed by atoms with Gasteiger partial charge in [0.2, 0.25) is 0 Å². The van der Waals surface area contributed by atoms with E-state index in [1.54, 1.807) is 0 Å². The second kappa shape index (κ2) is 10.4. The van der Waals surface area contributed by atoms with Gasteiger partial charge in [0, 0.05) is 0 Å². The molecule has 0 aliphatic heterocycles. The van der Waals surface area contributed by atoms with Gasteiger partial charge in [-0.05, 0) is 0 Å². The first kappa shape index (κ1) is 21.3. The molecular weight excluding hydrogens is 395 g/mol. The number of benzene rings is 4. The maximum atomic E-state index is 6.25. The maximum absolute atomic E-state index is 6.25. The molecule has 4 rings (SSSR count). The van der Waals surface area contributed by atoms with Gasteiger partial charge < -0.3 is 0 Å². The summed E-state index contributed by atoms with van der Waals surface area (Å²) in [4.78, 5) is 0. The van der Waals surface area contributed by atoms with Crippen LogP contribution in [0.15, 0.2) is 115 Å². The first-order valence-electron chi connectivity index (χ1n) is 11.2. The summed E-state index contributed by atoms with van der Waals surface area (Å²) in [5, 5.41) is 4.28.